The Labute approximate surface area is 160 Å². The van der Waals surface area contributed by atoms with E-state index in [4.69, 9.17) is 4.98 Å². The molecule has 5 nitrogen and oxygen atoms in total. The van der Waals surface area contributed by atoms with Gasteiger partial charge in [-0.3, -0.25) is 9.55 Å². The molecule has 4 aromatic rings. The second kappa shape index (κ2) is 7.39. The van der Waals surface area contributed by atoms with E-state index in [9.17, 15) is 0 Å². The van der Waals surface area contributed by atoms with Gasteiger partial charge in [-0.15, -0.1) is 21.5 Å². The summed E-state index contributed by atoms with van der Waals surface area (Å²) in [4.78, 5) is 9.06. The zero-order chi connectivity index (χ0) is 17.9. The zero-order valence-corrected chi connectivity index (χ0v) is 16.1. The van der Waals surface area contributed by atoms with Gasteiger partial charge < -0.3 is 0 Å². The van der Waals surface area contributed by atoms with Gasteiger partial charge in [0.1, 0.15) is 10.8 Å². The van der Waals surface area contributed by atoms with Gasteiger partial charge >= 0.3 is 0 Å². The third-order valence-corrected chi connectivity index (χ3v) is 5.81. The highest BCUT2D eigenvalue weighted by Gasteiger charge is 2.14. The first-order valence-electron chi connectivity index (χ1n) is 8.19. The minimum Gasteiger partial charge on any atom is -0.274 e. The van der Waals surface area contributed by atoms with Gasteiger partial charge in [-0.25, -0.2) is 4.98 Å². The van der Waals surface area contributed by atoms with Crippen molar-refractivity contribution in [3.05, 3.63) is 71.1 Å². The molecule has 1 aromatic carbocycles. The largest absolute Gasteiger partial charge is 0.274 e. The molecule has 0 saturated heterocycles. The number of thioether (sulfide) groups is 1. The van der Waals surface area contributed by atoms with Crippen molar-refractivity contribution in [1.82, 2.24) is 24.7 Å². The minimum atomic E-state index is 0.743. The van der Waals surface area contributed by atoms with Gasteiger partial charge in [-0.05, 0) is 37.6 Å². The van der Waals surface area contributed by atoms with Gasteiger partial charge in [-0.2, -0.15) is 0 Å². The maximum atomic E-state index is 4.70. The number of nitrogens with zero attached hydrogens (tertiary/aromatic N) is 5. The fraction of sp³-hybridized carbons (Fsp3) is 0.158. The molecular weight excluding hydrogens is 362 g/mol. The van der Waals surface area contributed by atoms with Gasteiger partial charge in [0, 0.05) is 17.3 Å². The Balaban J connectivity index is 1.55. The van der Waals surface area contributed by atoms with Crippen LogP contribution in [0.15, 0.2) is 59.2 Å². The molecule has 0 unspecified atom stereocenters. The summed E-state index contributed by atoms with van der Waals surface area (Å²) in [5.74, 6) is 1.63. The van der Waals surface area contributed by atoms with Gasteiger partial charge in [0.05, 0.1) is 17.1 Å². The van der Waals surface area contributed by atoms with Crippen molar-refractivity contribution in [1.29, 1.82) is 0 Å². The number of thiazole rings is 1. The molecule has 0 amide bonds. The van der Waals surface area contributed by atoms with Crippen LogP contribution >= 0.6 is 23.1 Å². The van der Waals surface area contributed by atoms with E-state index in [0.29, 0.717) is 0 Å². The average Bonchev–Trinajstić information content (AvgIpc) is 3.28. The third-order valence-electron chi connectivity index (χ3n) is 3.94. The molecule has 0 atom stereocenters. The first kappa shape index (κ1) is 16.9. The highest BCUT2D eigenvalue weighted by atomic mass is 32.2. The third kappa shape index (κ3) is 3.40. The van der Waals surface area contributed by atoms with Crippen molar-refractivity contribution in [3.8, 4) is 16.4 Å². The molecule has 0 aliphatic rings. The highest BCUT2D eigenvalue weighted by Crippen LogP contribution is 2.28. The molecule has 130 valence electrons. The summed E-state index contributed by atoms with van der Waals surface area (Å²) in [5, 5.41) is 12.5. The molecule has 0 bridgehead atoms. The van der Waals surface area contributed by atoms with Gasteiger partial charge in [-0.1, -0.05) is 36.0 Å². The Bertz CT molecular complexity index is 1020. The molecular formula is C19H17N5S2. The lowest BCUT2D eigenvalue weighted by Gasteiger charge is -2.10. The fourth-order valence-electron chi connectivity index (χ4n) is 2.65. The van der Waals surface area contributed by atoms with Crippen LogP contribution in [0.25, 0.3) is 16.4 Å². The lowest BCUT2D eigenvalue weighted by molar-refractivity contribution is 0.861. The van der Waals surface area contributed by atoms with Crippen molar-refractivity contribution >= 4 is 23.1 Å². The smallest absolute Gasteiger partial charge is 0.196 e. The standard InChI is InChI=1S/C19H17N5S2/c1-13-7-3-4-9-17(13)24-14(2)22-23-19(24)26-12-15-11-25-18(21-15)16-8-5-6-10-20-16/h3-11H,12H2,1-2H3. The van der Waals surface area contributed by atoms with Crippen LogP contribution in [-0.2, 0) is 5.75 Å². The highest BCUT2D eigenvalue weighted by molar-refractivity contribution is 7.98. The van der Waals surface area contributed by atoms with E-state index >= 15 is 0 Å². The molecule has 0 aliphatic carbocycles. The van der Waals surface area contributed by atoms with Crippen LogP contribution < -0.4 is 0 Å². The first-order valence-corrected chi connectivity index (χ1v) is 10.1. The molecule has 0 radical (unpaired) electrons. The van der Waals surface area contributed by atoms with Crippen molar-refractivity contribution < 1.29 is 0 Å². The summed E-state index contributed by atoms with van der Waals surface area (Å²) in [6.45, 7) is 4.08. The Kier molecular flexibility index (Phi) is 4.81. The molecule has 0 spiro atoms. The monoisotopic (exact) mass is 379 g/mol. The van der Waals surface area contributed by atoms with E-state index in [-0.39, 0.29) is 0 Å². The number of pyridine rings is 1. The number of aryl methyl sites for hydroxylation is 2. The molecule has 0 aliphatic heterocycles. The van der Waals surface area contributed by atoms with Gasteiger partial charge in [0.2, 0.25) is 0 Å². The van der Waals surface area contributed by atoms with E-state index in [0.717, 1.165) is 38.8 Å². The summed E-state index contributed by atoms with van der Waals surface area (Å²) < 4.78 is 2.10. The lowest BCUT2D eigenvalue weighted by Crippen LogP contribution is -2.01. The Morgan fingerprint density at radius 1 is 1.04 bits per heavy atom. The van der Waals surface area contributed by atoms with Crippen LogP contribution in [0.4, 0.5) is 0 Å². The average molecular weight is 380 g/mol. The number of para-hydroxylation sites is 1. The van der Waals surface area contributed by atoms with Gasteiger partial charge in [0.15, 0.2) is 5.16 Å². The maximum absolute atomic E-state index is 4.70. The second-order valence-electron chi connectivity index (χ2n) is 5.80. The molecule has 3 aromatic heterocycles. The number of aromatic nitrogens is 5. The van der Waals surface area contributed by atoms with Crippen molar-refractivity contribution in [2.24, 2.45) is 0 Å². The number of rotatable bonds is 5. The quantitative estimate of drug-likeness (QED) is 0.471. The molecule has 0 fully saturated rings. The first-order chi connectivity index (χ1) is 12.7. The summed E-state index contributed by atoms with van der Waals surface area (Å²) in [7, 11) is 0. The zero-order valence-electron chi connectivity index (χ0n) is 14.5. The second-order valence-corrected chi connectivity index (χ2v) is 7.60. The van der Waals surface area contributed by atoms with E-state index in [1.807, 2.05) is 37.3 Å². The van der Waals surface area contributed by atoms with Crippen LogP contribution in [0.1, 0.15) is 17.1 Å². The molecule has 0 saturated carbocycles. The molecule has 7 heteroatoms. The van der Waals surface area contributed by atoms with Crippen molar-refractivity contribution in [3.63, 3.8) is 0 Å². The number of benzene rings is 1. The van der Waals surface area contributed by atoms with Crippen molar-refractivity contribution in [2.75, 3.05) is 0 Å². The summed E-state index contributed by atoms with van der Waals surface area (Å²) in [5.41, 5.74) is 4.25. The minimum absolute atomic E-state index is 0.743. The predicted molar refractivity (Wildman–Crippen MR) is 106 cm³/mol. The summed E-state index contributed by atoms with van der Waals surface area (Å²) in [6, 6.07) is 14.1. The Morgan fingerprint density at radius 3 is 2.69 bits per heavy atom. The summed E-state index contributed by atoms with van der Waals surface area (Å²) in [6.07, 6.45) is 1.79. The molecule has 0 N–H and O–H groups in total. The Hall–Kier alpha value is -2.51. The van der Waals surface area contributed by atoms with Crippen LogP contribution in [-0.4, -0.2) is 24.7 Å². The van der Waals surface area contributed by atoms with Crippen LogP contribution in [0.5, 0.6) is 0 Å². The van der Waals surface area contributed by atoms with Crippen LogP contribution in [0, 0.1) is 13.8 Å². The normalized spacial score (nSPS) is 11.0. The lowest BCUT2D eigenvalue weighted by atomic mass is 10.2. The SMILES string of the molecule is Cc1ccccc1-n1c(C)nnc1SCc1csc(-c2ccccn2)n1. The van der Waals surface area contributed by atoms with E-state index in [2.05, 4.69) is 44.2 Å². The Morgan fingerprint density at radius 2 is 1.88 bits per heavy atom. The number of hydrogen-bond donors (Lipinski definition) is 0. The molecule has 26 heavy (non-hydrogen) atoms. The predicted octanol–water partition coefficient (Wildman–Crippen LogP) is 4.69. The maximum Gasteiger partial charge on any atom is 0.196 e. The van der Waals surface area contributed by atoms with Crippen LogP contribution in [0.3, 0.4) is 0 Å². The van der Waals surface area contributed by atoms with E-state index in [1.165, 1.54) is 5.56 Å². The summed E-state index contributed by atoms with van der Waals surface area (Å²) >= 11 is 3.26. The number of hydrogen-bond acceptors (Lipinski definition) is 6. The van der Waals surface area contributed by atoms with E-state index in [1.54, 1.807) is 29.3 Å². The van der Waals surface area contributed by atoms with E-state index < -0.39 is 0 Å². The van der Waals surface area contributed by atoms with Crippen molar-refractivity contribution in [2.45, 2.75) is 24.8 Å². The topological polar surface area (TPSA) is 56.5 Å². The molecule has 3 heterocycles. The van der Waals surface area contributed by atoms with Gasteiger partial charge in [0.25, 0.3) is 0 Å². The fourth-order valence-corrected chi connectivity index (χ4v) is 4.43. The van der Waals surface area contributed by atoms with Crippen LogP contribution in [0.2, 0.25) is 0 Å². The molecule has 4 rings (SSSR count).